The minimum atomic E-state index is -0.226. The van der Waals surface area contributed by atoms with Crippen molar-refractivity contribution in [3.8, 4) is 0 Å². The normalized spacial score (nSPS) is 10.7. The quantitative estimate of drug-likeness (QED) is 0.910. The topological polar surface area (TPSA) is 71.2 Å². The molecule has 1 heterocycles. The van der Waals surface area contributed by atoms with Gasteiger partial charge in [-0.25, -0.2) is 4.98 Å². The fraction of sp³-hybridized carbons (Fsp3) is 0.333. The van der Waals surface area contributed by atoms with Gasteiger partial charge in [0.05, 0.1) is 0 Å². The van der Waals surface area contributed by atoms with E-state index in [-0.39, 0.29) is 11.7 Å². The molecule has 0 aliphatic heterocycles. The van der Waals surface area contributed by atoms with Gasteiger partial charge in [-0.05, 0) is 23.6 Å². The first kappa shape index (κ1) is 15.3. The number of nitrogens with two attached hydrogens (primary N) is 1. The Morgan fingerprint density at radius 1 is 1.29 bits per heavy atom. The molecular weight excluding hydrogens is 284 g/mol. The second-order valence-corrected chi connectivity index (χ2v) is 6.31. The SMILES string of the molecule is CC(C)c1ccc(NC(=O)c2sc(N(C)C)nc2N)cc1. The van der Waals surface area contributed by atoms with Crippen LogP contribution in [0.3, 0.4) is 0 Å². The summed E-state index contributed by atoms with van der Waals surface area (Å²) in [6.45, 7) is 4.27. The van der Waals surface area contributed by atoms with Gasteiger partial charge >= 0.3 is 0 Å². The molecule has 0 aliphatic rings. The molecule has 0 unspecified atom stereocenters. The van der Waals surface area contributed by atoms with Crippen LogP contribution < -0.4 is 16.0 Å². The first-order chi connectivity index (χ1) is 9.88. The van der Waals surface area contributed by atoms with Crippen molar-refractivity contribution in [1.82, 2.24) is 4.98 Å². The van der Waals surface area contributed by atoms with Crippen molar-refractivity contribution in [3.05, 3.63) is 34.7 Å². The summed E-state index contributed by atoms with van der Waals surface area (Å²) in [5, 5.41) is 3.57. The summed E-state index contributed by atoms with van der Waals surface area (Å²) in [5.41, 5.74) is 7.80. The molecule has 6 heteroatoms. The van der Waals surface area contributed by atoms with Crippen LogP contribution in [0, 0.1) is 0 Å². The van der Waals surface area contributed by atoms with Crippen molar-refractivity contribution in [2.45, 2.75) is 19.8 Å². The number of rotatable bonds is 4. The smallest absolute Gasteiger partial charge is 0.269 e. The molecular formula is C15H20N4OS. The molecule has 0 spiro atoms. The maximum Gasteiger partial charge on any atom is 0.269 e. The van der Waals surface area contributed by atoms with Gasteiger partial charge < -0.3 is 16.0 Å². The van der Waals surface area contributed by atoms with Crippen molar-refractivity contribution in [2.75, 3.05) is 30.0 Å². The standard InChI is InChI=1S/C15H20N4OS/c1-9(2)10-5-7-11(8-6-10)17-14(20)12-13(16)18-15(21-12)19(3)4/h5-9H,16H2,1-4H3,(H,17,20). The number of nitrogen functional groups attached to an aromatic ring is 1. The molecule has 0 saturated heterocycles. The van der Waals surface area contributed by atoms with Crippen LogP contribution in [-0.4, -0.2) is 25.0 Å². The van der Waals surface area contributed by atoms with Crippen molar-refractivity contribution >= 4 is 33.9 Å². The van der Waals surface area contributed by atoms with E-state index in [1.807, 2.05) is 43.3 Å². The van der Waals surface area contributed by atoms with Crippen molar-refractivity contribution < 1.29 is 4.79 Å². The predicted octanol–water partition coefficient (Wildman–Crippen LogP) is 3.17. The maximum absolute atomic E-state index is 12.3. The number of hydrogen-bond acceptors (Lipinski definition) is 5. The Bertz CT molecular complexity index is 632. The van der Waals surface area contributed by atoms with Gasteiger partial charge in [0.15, 0.2) is 5.13 Å². The predicted molar refractivity (Wildman–Crippen MR) is 89.3 cm³/mol. The van der Waals surface area contributed by atoms with Crippen LogP contribution in [0.4, 0.5) is 16.6 Å². The highest BCUT2D eigenvalue weighted by Crippen LogP contribution is 2.27. The molecule has 3 N–H and O–H groups in total. The molecule has 21 heavy (non-hydrogen) atoms. The number of nitrogens with one attached hydrogen (secondary N) is 1. The first-order valence-electron chi connectivity index (χ1n) is 6.73. The zero-order chi connectivity index (χ0) is 15.6. The van der Waals surface area contributed by atoms with E-state index in [9.17, 15) is 4.79 Å². The molecule has 112 valence electrons. The third-order valence-corrected chi connectivity index (χ3v) is 4.30. The van der Waals surface area contributed by atoms with E-state index in [1.165, 1.54) is 16.9 Å². The summed E-state index contributed by atoms with van der Waals surface area (Å²) >= 11 is 1.28. The fourth-order valence-electron chi connectivity index (χ4n) is 1.81. The van der Waals surface area contributed by atoms with Gasteiger partial charge in [0.25, 0.3) is 5.91 Å². The van der Waals surface area contributed by atoms with Crippen LogP contribution in [0.5, 0.6) is 0 Å². The van der Waals surface area contributed by atoms with E-state index >= 15 is 0 Å². The summed E-state index contributed by atoms with van der Waals surface area (Å²) < 4.78 is 0. The Labute approximate surface area is 128 Å². The zero-order valence-electron chi connectivity index (χ0n) is 12.7. The minimum Gasteiger partial charge on any atom is -0.382 e. The molecule has 1 amide bonds. The number of aromatic nitrogens is 1. The van der Waals surface area contributed by atoms with E-state index in [0.29, 0.717) is 15.9 Å². The van der Waals surface area contributed by atoms with E-state index in [0.717, 1.165) is 5.69 Å². The highest BCUT2D eigenvalue weighted by atomic mass is 32.1. The number of nitrogens with zero attached hydrogens (tertiary/aromatic N) is 2. The Balaban J connectivity index is 2.14. The second-order valence-electron chi connectivity index (χ2n) is 5.34. The Kier molecular flexibility index (Phi) is 4.47. The van der Waals surface area contributed by atoms with Crippen molar-refractivity contribution in [2.24, 2.45) is 0 Å². The summed E-state index contributed by atoms with van der Waals surface area (Å²) in [6.07, 6.45) is 0. The number of carbonyl (C=O) groups excluding carboxylic acids is 1. The largest absolute Gasteiger partial charge is 0.382 e. The first-order valence-corrected chi connectivity index (χ1v) is 7.55. The molecule has 0 bridgehead atoms. The number of anilines is 3. The lowest BCUT2D eigenvalue weighted by atomic mass is 10.0. The number of thiazole rings is 1. The van der Waals surface area contributed by atoms with Gasteiger partial charge in [-0.1, -0.05) is 37.3 Å². The van der Waals surface area contributed by atoms with Crippen molar-refractivity contribution in [3.63, 3.8) is 0 Å². The molecule has 5 nitrogen and oxygen atoms in total. The maximum atomic E-state index is 12.3. The molecule has 2 aromatic rings. The van der Waals surface area contributed by atoms with Crippen LogP contribution in [0.15, 0.2) is 24.3 Å². The summed E-state index contributed by atoms with van der Waals surface area (Å²) in [6, 6.07) is 7.83. The van der Waals surface area contributed by atoms with E-state index < -0.39 is 0 Å². The van der Waals surface area contributed by atoms with Crippen molar-refractivity contribution in [1.29, 1.82) is 0 Å². The summed E-state index contributed by atoms with van der Waals surface area (Å²) in [5.74, 6) is 0.505. The molecule has 1 aromatic heterocycles. The fourth-order valence-corrected chi connectivity index (χ4v) is 2.62. The molecule has 2 rings (SSSR count). The highest BCUT2D eigenvalue weighted by molar-refractivity contribution is 7.18. The number of hydrogen-bond donors (Lipinski definition) is 2. The monoisotopic (exact) mass is 304 g/mol. The van der Waals surface area contributed by atoms with Crippen LogP contribution in [0.1, 0.15) is 35.0 Å². The molecule has 0 saturated carbocycles. The average Bonchev–Trinajstić information content (AvgIpc) is 2.81. The van der Waals surface area contributed by atoms with Crippen LogP contribution in [0.25, 0.3) is 0 Å². The molecule has 0 radical (unpaired) electrons. The summed E-state index contributed by atoms with van der Waals surface area (Å²) in [4.78, 5) is 18.7. The van der Waals surface area contributed by atoms with Gasteiger partial charge in [0, 0.05) is 19.8 Å². The zero-order valence-corrected chi connectivity index (χ0v) is 13.5. The van der Waals surface area contributed by atoms with Crippen LogP contribution in [-0.2, 0) is 0 Å². The molecule has 0 aliphatic carbocycles. The van der Waals surface area contributed by atoms with Gasteiger partial charge in [0.1, 0.15) is 10.7 Å². The highest BCUT2D eigenvalue weighted by Gasteiger charge is 2.17. The van der Waals surface area contributed by atoms with Crippen LogP contribution in [0.2, 0.25) is 0 Å². The van der Waals surface area contributed by atoms with Gasteiger partial charge in [-0.2, -0.15) is 0 Å². The Hall–Kier alpha value is -2.08. The number of carbonyl (C=O) groups is 1. The third-order valence-electron chi connectivity index (χ3n) is 3.07. The van der Waals surface area contributed by atoms with E-state index in [4.69, 9.17) is 5.73 Å². The van der Waals surface area contributed by atoms with Gasteiger partial charge in [-0.15, -0.1) is 0 Å². The lowest BCUT2D eigenvalue weighted by molar-refractivity contribution is 0.103. The second kappa shape index (κ2) is 6.13. The third kappa shape index (κ3) is 3.52. The minimum absolute atomic E-state index is 0.226. The summed E-state index contributed by atoms with van der Waals surface area (Å²) in [7, 11) is 3.73. The Morgan fingerprint density at radius 3 is 2.38 bits per heavy atom. The van der Waals surface area contributed by atoms with Crippen LogP contribution >= 0.6 is 11.3 Å². The molecule has 1 aromatic carbocycles. The number of amides is 1. The van der Waals surface area contributed by atoms with Gasteiger partial charge in [-0.3, -0.25) is 4.79 Å². The lowest BCUT2D eigenvalue weighted by Gasteiger charge is -2.08. The van der Waals surface area contributed by atoms with E-state index in [2.05, 4.69) is 24.1 Å². The van der Waals surface area contributed by atoms with E-state index in [1.54, 1.807) is 0 Å². The molecule has 0 fully saturated rings. The van der Waals surface area contributed by atoms with Gasteiger partial charge in [0.2, 0.25) is 0 Å². The number of benzene rings is 1. The average molecular weight is 304 g/mol. The molecule has 0 atom stereocenters. The lowest BCUT2D eigenvalue weighted by Crippen LogP contribution is -2.12. The Morgan fingerprint density at radius 2 is 1.90 bits per heavy atom.